The topological polar surface area (TPSA) is 12.5 Å². The predicted molar refractivity (Wildman–Crippen MR) is 119 cm³/mol. The third-order valence-electron chi connectivity index (χ3n) is 6.12. The first-order valence-corrected chi connectivity index (χ1v) is 10.4. The second-order valence-corrected chi connectivity index (χ2v) is 8.68. The van der Waals surface area contributed by atoms with E-state index in [9.17, 15) is 0 Å². The molecule has 0 aromatic heterocycles. The van der Waals surface area contributed by atoms with Crippen molar-refractivity contribution in [2.45, 2.75) is 44.8 Å². The number of rotatable bonds is 3. The van der Waals surface area contributed by atoms with Crippen molar-refractivity contribution in [3.63, 3.8) is 0 Å². The van der Waals surface area contributed by atoms with E-state index in [2.05, 4.69) is 111 Å². The SMILES string of the molecule is Cc1ccc([C@@H]2/C(=C3/C[C@@H]3c3ccccc3)C(C)(C)ON2c2ccccc2)cc1. The summed E-state index contributed by atoms with van der Waals surface area (Å²) in [6.45, 7) is 6.55. The Morgan fingerprint density at radius 1 is 0.793 bits per heavy atom. The first-order valence-electron chi connectivity index (χ1n) is 10.4. The molecule has 146 valence electrons. The molecule has 0 amide bonds. The average Bonchev–Trinajstić information content (AvgIpc) is 3.47. The maximum Gasteiger partial charge on any atom is 0.114 e. The molecule has 1 aliphatic carbocycles. The zero-order valence-corrected chi connectivity index (χ0v) is 17.3. The molecule has 3 aromatic rings. The highest BCUT2D eigenvalue weighted by Crippen LogP contribution is 2.58. The third kappa shape index (κ3) is 3.28. The van der Waals surface area contributed by atoms with Crippen LogP contribution in [0.4, 0.5) is 5.69 Å². The van der Waals surface area contributed by atoms with Crippen LogP contribution in [0.5, 0.6) is 0 Å². The second-order valence-electron chi connectivity index (χ2n) is 8.68. The van der Waals surface area contributed by atoms with Gasteiger partial charge in [-0.2, -0.15) is 0 Å². The Morgan fingerprint density at radius 3 is 2.07 bits per heavy atom. The van der Waals surface area contributed by atoms with Crippen LogP contribution in [-0.4, -0.2) is 5.60 Å². The fraction of sp³-hybridized carbons (Fsp3) is 0.259. The largest absolute Gasteiger partial charge is 0.262 e. The third-order valence-corrected chi connectivity index (χ3v) is 6.12. The Bertz CT molecular complexity index is 1030. The molecule has 3 aromatic carbocycles. The lowest BCUT2D eigenvalue weighted by molar-refractivity contribution is 0.0302. The number of benzene rings is 3. The van der Waals surface area contributed by atoms with Crippen LogP contribution in [0, 0.1) is 6.92 Å². The molecule has 2 aliphatic rings. The highest BCUT2D eigenvalue weighted by atomic mass is 16.7. The van der Waals surface area contributed by atoms with Crippen molar-refractivity contribution in [2.24, 2.45) is 0 Å². The minimum atomic E-state index is -0.343. The van der Waals surface area contributed by atoms with Crippen molar-refractivity contribution >= 4 is 5.69 Å². The molecule has 2 heteroatoms. The standard InChI is InChI=1S/C27H27NO/c1-19-14-16-21(17-15-19)26-25(24-18-23(24)20-10-6-4-7-11-20)27(2,3)29-28(26)22-12-8-5-9-13-22/h4-17,23,26H,18H2,1-3H3/b25-24+/t23-,26-/m1/s1. The van der Waals surface area contributed by atoms with Gasteiger partial charge in [0.2, 0.25) is 0 Å². The number of aryl methyl sites for hydroxylation is 1. The molecule has 1 saturated heterocycles. The van der Waals surface area contributed by atoms with Crippen LogP contribution in [-0.2, 0) is 4.84 Å². The van der Waals surface area contributed by atoms with Gasteiger partial charge in [0.25, 0.3) is 0 Å². The smallest absolute Gasteiger partial charge is 0.114 e. The Hall–Kier alpha value is -2.84. The summed E-state index contributed by atoms with van der Waals surface area (Å²) in [4.78, 5) is 6.61. The maximum absolute atomic E-state index is 6.61. The summed E-state index contributed by atoms with van der Waals surface area (Å²) in [7, 11) is 0. The molecule has 29 heavy (non-hydrogen) atoms. The summed E-state index contributed by atoms with van der Waals surface area (Å²) in [5, 5.41) is 2.12. The van der Waals surface area contributed by atoms with Crippen LogP contribution < -0.4 is 5.06 Å². The number of hydroxylamine groups is 1. The first-order chi connectivity index (χ1) is 14.0. The zero-order chi connectivity index (χ0) is 20.0. The van der Waals surface area contributed by atoms with Gasteiger partial charge in [0, 0.05) is 5.92 Å². The lowest BCUT2D eigenvalue weighted by Gasteiger charge is -2.25. The Labute approximate surface area is 173 Å². The van der Waals surface area contributed by atoms with Gasteiger partial charge in [-0.3, -0.25) is 4.84 Å². The molecule has 0 radical (unpaired) electrons. The lowest BCUT2D eigenvalue weighted by atomic mass is 9.86. The minimum absolute atomic E-state index is 0.0942. The number of hydrogen-bond donors (Lipinski definition) is 0. The van der Waals surface area contributed by atoms with Crippen LogP contribution in [0.2, 0.25) is 0 Å². The van der Waals surface area contributed by atoms with Gasteiger partial charge in [0.1, 0.15) is 11.6 Å². The Balaban J connectivity index is 1.64. The molecule has 0 spiro atoms. The number of nitrogens with zero attached hydrogens (tertiary/aromatic N) is 1. The van der Waals surface area contributed by atoms with Gasteiger partial charge in [-0.05, 0) is 56.0 Å². The fourth-order valence-corrected chi connectivity index (χ4v) is 4.65. The normalized spacial score (nSPS) is 25.3. The van der Waals surface area contributed by atoms with Gasteiger partial charge in [-0.15, -0.1) is 0 Å². The molecule has 1 aliphatic heterocycles. The van der Waals surface area contributed by atoms with Crippen molar-refractivity contribution in [3.05, 3.63) is 113 Å². The van der Waals surface area contributed by atoms with E-state index in [1.807, 2.05) is 0 Å². The summed E-state index contributed by atoms with van der Waals surface area (Å²) < 4.78 is 0. The van der Waals surface area contributed by atoms with E-state index in [4.69, 9.17) is 4.84 Å². The van der Waals surface area contributed by atoms with Crippen molar-refractivity contribution in [1.29, 1.82) is 0 Å². The van der Waals surface area contributed by atoms with Gasteiger partial charge in [0.15, 0.2) is 0 Å². The number of anilines is 1. The van der Waals surface area contributed by atoms with E-state index in [0.29, 0.717) is 5.92 Å². The van der Waals surface area contributed by atoms with E-state index in [-0.39, 0.29) is 11.6 Å². The van der Waals surface area contributed by atoms with E-state index < -0.39 is 0 Å². The van der Waals surface area contributed by atoms with Gasteiger partial charge in [-0.1, -0.05) is 83.9 Å². The molecule has 0 N–H and O–H groups in total. The fourth-order valence-electron chi connectivity index (χ4n) is 4.65. The molecule has 1 saturated carbocycles. The van der Waals surface area contributed by atoms with E-state index in [1.54, 1.807) is 0 Å². The zero-order valence-electron chi connectivity index (χ0n) is 17.3. The monoisotopic (exact) mass is 381 g/mol. The highest BCUT2D eigenvalue weighted by Gasteiger charge is 2.50. The van der Waals surface area contributed by atoms with Crippen LogP contribution in [0.1, 0.15) is 48.9 Å². The van der Waals surface area contributed by atoms with Crippen LogP contribution in [0.3, 0.4) is 0 Å². The van der Waals surface area contributed by atoms with E-state index in [0.717, 1.165) is 12.1 Å². The van der Waals surface area contributed by atoms with Gasteiger partial charge < -0.3 is 0 Å². The van der Waals surface area contributed by atoms with Gasteiger partial charge in [0.05, 0.1) is 5.69 Å². The first kappa shape index (κ1) is 18.2. The van der Waals surface area contributed by atoms with E-state index in [1.165, 1.54) is 27.8 Å². The summed E-state index contributed by atoms with van der Waals surface area (Å²) in [6.07, 6.45) is 1.12. The Kier molecular flexibility index (Phi) is 4.33. The van der Waals surface area contributed by atoms with Crippen LogP contribution in [0.25, 0.3) is 0 Å². The molecule has 2 fully saturated rings. The van der Waals surface area contributed by atoms with Gasteiger partial charge in [-0.25, -0.2) is 5.06 Å². The summed E-state index contributed by atoms with van der Waals surface area (Å²) in [5.41, 5.74) is 7.67. The lowest BCUT2D eigenvalue weighted by Crippen LogP contribution is -2.25. The minimum Gasteiger partial charge on any atom is -0.262 e. The van der Waals surface area contributed by atoms with Gasteiger partial charge >= 0.3 is 0 Å². The summed E-state index contributed by atoms with van der Waals surface area (Å²) >= 11 is 0. The van der Waals surface area contributed by atoms with Crippen molar-refractivity contribution in [1.82, 2.24) is 0 Å². The highest BCUT2D eigenvalue weighted by molar-refractivity contribution is 5.58. The Morgan fingerprint density at radius 2 is 1.41 bits per heavy atom. The number of para-hydroxylation sites is 1. The summed E-state index contributed by atoms with van der Waals surface area (Å²) in [6, 6.07) is 30.3. The second kappa shape index (κ2) is 6.89. The molecule has 0 bridgehead atoms. The molecule has 1 heterocycles. The molecular weight excluding hydrogens is 354 g/mol. The van der Waals surface area contributed by atoms with Crippen molar-refractivity contribution < 1.29 is 4.84 Å². The molecule has 2 nitrogen and oxygen atoms in total. The number of allylic oxidation sites excluding steroid dienone is 1. The molecule has 5 rings (SSSR count). The average molecular weight is 382 g/mol. The maximum atomic E-state index is 6.61. The van der Waals surface area contributed by atoms with E-state index >= 15 is 0 Å². The molecule has 0 unspecified atom stereocenters. The summed E-state index contributed by atoms with van der Waals surface area (Å²) in [5.74, 6) is 0.512. The molecule has 2 atom stereocenters. The van der Waals surface area contributed by atoms with Crippen LogP contribution in [0.15, 0.2) is 96.1 Å². The molecular formula is C27H27NO. The predicted octanol–water partition coefficient (Wildman–Crippen LogP) is 6.75. The number of hydrogen-bond acceptors (Lipinski definition) is 2. The van der Waals surface area contributed by atoms with Crippen molar-refractivity contribution in [2.75, 3.05) is 5.06 Å². The van der Waals surface area contributed by atoms with Crippen molar-refractivity contribution in [3.8, 4) is 0 Å². The van der Waals surface area contributed by atoms with Crippen LogP contribution >= 0.6 is 0 Å². The quantitative estimate of drug-likeness (QED) is 0.465.